The summed E-state index contributed by atoms with van der Waals surface area (Å²) in [5.74, 6) is -0.489. The van der Waals surface area contributed by atoms with Crippen molar-refractivity contribution >= 4 is 0 Å². The minimum absolute atomic E-state index is 0.0602. The van der Waals surface area contributed by atoms with Gasteiger partial charge in [0, 0.05) is 0 Å². The highest BCUT2D eigenvalue weighted by Crippen LogP contribution is 2.14. The van der Waals surface area contributed by atoms with E-state index in [0.29, 0.717) is 6.61 Å². The summed E-state index contributed by atoms with van der Waals surface area (Å²) in [7, 11) is 0. The first kappa shape index (κ1) is 11.7. The summed E-state index contributed by atoms with van der Waals surface area (Å²) >= 11 is 0. The van der Waals surface area contributed by atoms with E-state index in [1.54, 1.807) is 12.1 Å². The number of benzene rings is 1. The standard InChI is InChI=1S/C12H14FNO/c1-12(2,3)15-8-9-4-5-11(13)10(6-9)7-14/h4-6H,8H2,1-3H3. The smallest absolute Gasteiger partial charge is 0.140 e. The van der Waals surface area contributed by atoms with Crippen molar-refractivity contribution in [3.05, 3.63) is 35.1 Å². The van der Waals surface area contributed by atoms with Gasteiger partial charge in [0.25, 0.3) is 0 Å². The van der Waals surface area contributed by atoms with E-state index in [1.165, 1.54) is 12.1 Å². The maximum absolute atomic E-state index is 13.0. The Labute approximate surface area is 89.3 Å². The van der Waals surface area contributed by atoms with Crippen LogP contribution in [0.15, 0.2) is 18.2 Å². The fourth-order valence-corrected chi connectivity index (χ4v) is 1.05. The minimum atomic E-state index is -0.489. The highest BCUT2D eigenvalue weighted by atomic mass is 19.1. The third-order valence-electron chi connectivity index (χ3n) is 1.82. The van der Waals surface area contributed by atoms with Gasteiger partial charge in [-0.05, 0) is 38.5 Å². The van der Waals surface area contributed by atoms with E-state index >= 15 is 0 Å². The summed E-state index contributed by atoms with van der Waals surface area (Å²) in [6.45, 7) is 6.23. The third kappa shape index (κ3) is 3.69. The molecule has 0 unspecified atom stereocenters. The summed E-state index contributed by atoms with van der Waals surface area (Å²) in [6.07, 6.45) is 0. The highest BCUT2D eigenvalue weighted by molar-refractivity contribution is 5.34. The molecule has 1 aromatic rings. The number of ether oxygens (including phenoxy) is 1. The number of halogens is 1. The molecule has 0 aromatic heterocycles. The molecule has 0 radical (unpaired) electrons. The number of hydrogen-bond acceptors (Lipinski definition) is 2. The molecule has 1 rings (SSSR count). The molecule has 0 amide bonds. The first-order valence-electron chi connectivity index (χ1n) is 4.75. The molecule has 80 valence electrons. The van der Waals surface area contributed by atoms with Crippen LogP contribution in [0, 0.1) is 17.1 Å². The lowest BCUT2D eigenvalue weighted by atomic mass is 10.1. The van der Waals surface area contributed by atoms with Gasteiger partial charge in [-0.2, -0.15) is 5.26 Å². The van der Waals surface area contributed by atoms with Crippen LogP contribution in [-0.4, -0.2) is 5.60 Å². The van der Waals surface area contributed by atoms with Gasteiger partial charge in [-0.1, -0.05) is 6.07 Å². The second kappa shape index (κ2) is 4.41. The Balaban J connectivity index is 2.76. The Hall–Kier alpha value is -1.40. The predicted molar refractivity (Wildman–Crippen MR) is 55.7 cm³/mol. The van der Waals surface area contributed by atoms with E-state index < -0.39 is 5.82 Å². The van der Waals surface area contributed by atoms with E-state index in [4.69, 9.17) is 10.00 Å². The van der Waals surface area contributed by atoms with Gasteiger partial charge in [0.2, 0.25) is 0 Å². The molecule has 0 saturated heterocycles. The zero-order chi connectivity index (χ0) is 11.5. The van der Waals surface area contributed by atoms with Gasteiger partial charge in [0.1, 0.15) is 11.9 Å². The molecule has 3 heteroatoms. The van der Waals surface area contributed by atoms with Crippen molar-refractivity contribution in [2.45, 2.75) is 33.0 Å². The van der Waals surface area contributed by atoms with Gasteiger partial charge in [0.15, 0.2) is 0 Å². The molecule has 2 nitrogen and oxygen atoms in total. The largest absolute Gasteiger partial charge is 0.371 e. The van der Waals surface area contributed by atoms with Crippen LogP contribution >= 0.6 is 0 Å². The van der Waals surface area contributed by atoms with Crippen LogP contribution in [0.5, 0.6) is 0 Å². The Morgan fingerprint density at radius 1 is 1.40 bits per heavy atom. The van der Waals surface area contributed by atoms with Crippen LogP contribution in [0.2, 0.25) is 0 Å². The first-order chi connectivity index (χ1) is 6.92. The fraction of sp³-hybridized carbons (Fsp3) is 0.417. The molecule has 0 bridgehead atoms. The van der Waals surface area contributed by atoms with Gasteiger partial charge < -0.3 is 4.74 Å². The van der Waals surface area contributed by atoms with E-state index in [9.17, 15) is 4.39 Å². The molecule has 0 aliphatic rings. The maximum Gasteiger partial charge on any atom is 0.140 e. The maximum atomic E-state index is 13.0. The van der Waals surface area contributed by atoms with E-state index in [0.717, 1.165) is 5.56 Å². The summed E-state index contributed by atoms with van der Waals surface area (Å²) in [6, 6.07) is 6.24. The summed E-state index contributed by atoms with van der Waals surface area (Å²) in [4.78, 5) is 0. The highest BCUT2D eigenvalue weighted by Gasteiger charge is 2.10. The van der Waals surface area contributed by atoms with E-state index in [-0.39, 0.29) is 11.2 Å². The summed E-state index contributed by atoms with van der Waals surface area (Å²) in [5, 5.41) is 8.64. The van der Waals surface area contributed by atoms with Crippen LogP contribution in [0.25, 0.3) is 0 Å². The van der Waals surface area contributed by atoms with Crippen molar-refractivity contribution in [2.24, 2.45) is 0 Å². The van der Waals surface area contributed by atoms with Crippen LogP contribution in [-0.2, 0) is 11.3 Å². The fourth-order valence-electron chi connectivity index (χ4n) is 1.05. The van der Waals surface area contributed by atoms with Crippen LogP contribution in [0.1, 0.15) is 31.9 Å². The average molecular weight is 207 g/mol. The Bertz CT molecular complexity index is 388. The molecule has 0 aliphatic heterocycles. The van der Waals surface area contributed by atoms with Crippen LogP contribution < -0.4 is 0 Å². The zero-order valence-corrected chi connectivity index (χ0v) is 9.17. The van der Waals surface area contributed by atoms with Crippen molar-refractivity contribution in [3.8, 4) is 6.07 Å². The normalized spacial score (nSPS) is 11.1. The molecule has 0 fully saturated rings. The Kier molecular flexibility index (Phi) is 3.43. The quantitative estimate of drug-likeness (QED) is 0.746. The van der Waals surface area contributed by atoms with Crippen molar-refractivity contribution in [1.29, 1.82) is 5.26 Å². The van der Waals surface area contributed by atoms with Gasteiger partial charge in [0.05, 0.1) is 17.8 Å². The van der Waals surface area contributed by atoms with Gasteiger partial charge in [-0.25, -0.2) is 4.39 Å². The minimum Gasteiger partial charge on any atom is -0.371 e. The molecule has 0 saturated carbocycles. The molecule has 15 heavy (non-hydrogen) atoms. The van der Waals surface area contributed by atoms with Gasteiger partial charge in [-0.3, -0.25) is 0 Å². The van der Waals surface area contributed by atoms with Crippen molar-refractivity contribution in [3.63, 3.8) is 0 Å². The number of rotatable bonds is 2. The molecule has 0 spiro atoms. The molecule has 1 aromatic carbocycles. The Morgan fingerprint density at radius 2 is 2.07 bits per heavy atom. The second-order valence-electron chi connectivity index (χ2n) is 4.33. The van der Waals surface area contributed by atoms with Gasteiger partial charge in [-0.15, -0.1) is 0 Å². The zero-order valence-electron chi connectivity index (χ0n) is 9.17. The monoisotopic (exact) mass is 207 g/mol. The second-order valence-corrected chi connectivity index (χ2v) is 4.33. The molecular formula is C12H14FNO. The van der Waals surface area contributed by atoms with Crippen molar-refractivity contribution in [2.75, 3.05) is 0 Å². The molecule has 0 aliphatic carbocycles. The summed E-state index contributed by atoms with van der Waals surface area (Å²) < 4.78 is 18.5. The SMILES string of the molecule is CC(C)(C)OCc1ccc(F)c(C#N)c1. The average Bonchev–Trinajstić information content (AvgIpc) is 2.15. The third-order valence-corrected chi connectivity index (χ3v) is 1.82. The van der Waals surface area contributed by atoms with Crippen LogP contribution in [0.3, 0.4) is 0 Å². The van der Waals surface area contributed by atoms with Crippen molar-refractivity contribution < 1.29 is 9.13 Å². The van der Waals surface area contributed by atoms with E-state index in [2.05, 4.69) is 0 Å². The van der Waals surface area contributed by atoms with Crippen LogP contribution in [0.4, 0.5) is 4.39 Å². The topological polar surface area (TPSA) is 33.0 Å². The van der Waals surface area contributed by atoms with E-state index in [1.807, 2.05) is 20.8 Å². The molecule has 0 N–H and O–H groups in total. The number of nitrogens with zero attached hydrogens (tertiary/aromatic N) is 1. The number of nitriles is 1. The Morgan fingerprint density at radius 3 is 2.60 bits per heavy atom. The summed E-state index contributed by atoms with van der Waals surface area (Å²) in [5.41, 5.74) is 0.633. The lowest BCUT2D eigenvalue weighted by Crippen LogP contribution is -2.18. The van der Waals surface area contributed by atoms with Crippen molar-refractivity contribution in [1.82, 2.24) is 0 Å². The lowest BCUT2D eigenvalue weighted by molar-refractivity contribution is -0.0149. The molecule has 0 atom stereocenters. The van der Waals surface area contributed by atoms with Gasteiger partial charge >= 0.3 is 0 Å². The predicted octanol–water partition coefficient (Wildman–Crippen LogP) is 3.01. The first-order valence-corrected chi connectivity index (χ1v) is 4.75. The molecule has 0 heterocycles. The lowest BCUT2D eigenvalue weighted by Gasteiger charge is -2.19. The molecular weight excluding hydrogens is 193 g/mol. The number of hydrogen-bond donors (Lipinski definition) is 0.